The van der Waals surface area contributed by atoms with Crippen molar-refractivity contribution in [1.82, 2.24) is 10.2 Å². The summed E-state index contributed by atoms with van der Waals surface area (Å²) < 4.78 is 4.99. The van der Waals surface area contributed by atoms with Gasteiger partial charge in [0.15, 0.2) is 0 Å². The number of nitrogens with two attached hydrogens (primary N) is 1. The lowest BCUT2D eigenvalue weighted by Crippen LogP contribution is -2.45. The SMILES string of the molecule is COCCN(C(=O)CNC(=O)c1ccc(N)cc1)C(C)C. The molecule has 0 fully saturated rings. The van der Waals surface area contributed by atoms with E-state index >= 15 is 0 Å². The molecule has 0 aliphatic carbocycles. The van der Waals surface area contributed by atoms with Crippen molar-refractivity contribution in [2.45, 2.75) is 19.9 Å². The van der Waals surface area contributed by atoms with Crippen molar-refractivity contribution in [1.29, 1.82) is 0 Å². The van der Waals surface area contributed by atoms with Gasteiger partial charge in [0.25, 0.3) is 5.91 Å². The highest BCUT2D eigenvalue weighted by molar-refractivity contribution is 5.96. The molecule has 21 heavy (non-hydrogen) atoms. The molecule has 116 valence electrons. The minimum absolute atomic E-state index is 0.0366. The van der Waals surface area contributed by atoms with Gasteiger partial charge in [-0.25, -0.2) is 0 Å². The summed E-state index contributed by atoms with van der Waals surface area (Å²) in [6.07, 6.45) is 0. The molecule has 1 aromatic rings. The predicted octanol–water partition coefficient (Wildman–Crippen LogP) is 0.882. The summed E-state index contributed by atoms with van der Waals surface area (Å²) in [5, 5.41) is 2.62. The van der Waals surface area contributed by atoms with Crippen LogP contribution in [0, 0.1) is 0 Å². The molecule has 0 aliphatic heterocycles. The van der Waals surface area contributed by atoms with Gasteiger partial charge in [0.05, 0.1) is 13.2 Å². The van der Waals surface area contributed by atoms with Gasteiger partial charge in [-0.15, -0.1) is 0 Å². The number of amides is 2. The summed E-state index contributed by atoms with van der Waals surface area (Å²) in [5.74, 6) is -0.426. The van der Waals surface area contributed by atoms with E-state index in [1.807, 2.05) is 13.8 Å². The third kappa shape index (κ3) is 5.43. The standard InChI is InChI=1S/C15H23N3O3/c1-11(2)18(8-9-21-3)14(19)10-17-15(20)12-4-6-13(16)7-5-12/h4-7,11H,8-10,16H2,1-3H3,(H,17,20). The number of hydrogen-bond acceptors (Lipinski definition) is 4. The van der Waals surface area contributed by atoms with Crippen LogP contribution in [0.3, 0.4) is 0 Å². The van der Waals surface area contributed by atoms with E-state index in [1.54, 1.807) is 36.3 Å². The number of nitrogen functional groups attached to an aromatic ring is 1. The number of carbonyl (C=O) groups is 2. The molecule has 2 amide bonds. The lowest BCUT2D eigenvalue weighted by molar-refractivity contribution is -0.132. The fourth-order valence-electron chi connectivity index (χ4n) is 1.85. The predicted molar refractivity (Wildman–Crippen MR) is 81.9 cm³/mol. The topological polar surface area (TPSA) is 84.7 Å². The fraction of sp³-hybridized carbons (Fsp3) is 0.467. The third-order valence-electron chi connectivity index (χ3n) is 3.05. The third-order valence-corrected chi connectivity index (χ3v) is 3.05. The van der Waals surface area contributed by atoms with Gasteiger partial charge >= 0.3 is 0 Å². The van der Waals surface area contributed by atoms with Crippen LogP contribution in [-0.4, -0.2) is 49.6 Å². The second kappa shape index (κ2) is 8.26. The molecular weight excluding hydrogens is 270 g/mol. The molecule has 1 aromatic carbocycles. The lowest BCUT2D eigenvalue weighted by atomic mass is 10.2. The molecule has 0 radical (unpaired) electrons. The number of methoxy groups -OCH3 is 1. The maximum atomic E-state index is 12.1. The second-order valence-corrected chi connectivity index (χ2v) is 4.98. The van der Waals surface area contributed by atoms with Crippen molar-refractivity contribution in [3.05, 3.63) is 29.8 Å². The van der Waals surface area contributed by atoms with Crippen LogP contribution in [0.15, 0.2) is 24.3 Å². The number of benzene rings is 1. The highest BCUT2D eigenvalue weighted by atomic mass is 16.5. The number of hydrogen-bond donors (Lipinski definition) is 2. The molecule has 0 aromatic heterocycles. The molecule has 6 nitrogen and oxygen atoms in total. The number of nitrogens with zero attached hydrogens (tertiary/aromatic N) is 1. The van der Waals surface area contributed by atoms with E-state index < -0.39 is 0 Å². The van der Waals surface area contributed by atoms with Gasteiger partial charge in [0.1, 0.15) is 0 Å². The Morgan fingerprint density at radius 2 is 1.90 bits per heavy atom. The Morgan fingerprint density at radius 1 is 1.29 bits per heavy atom. The summed E-state index contributed by atoms with van der Waals surface area (Å²) in [4.78, 5) is 25.7. The molecule has 0 atom stereocenters. The Balaban J connectivity index is 2.54. The molecule has 3 N–H and O–H groups in total. The van der Waals surface area contributed by atoms with Gasteiger partial charge in [-0.2, -0.15) is 0 Å². The summed E-state index contributed by atoms with van der Waals surface area (Å²) in [6.45, 7) is 4.79. The summed E-state index contributed by atoms with van der Waals surface area (Å²) >= 11 is 0. The summed E-state index contributed by atoms with van der Waals surface area (Å²) in [5.41, 5.74) is 6.63. The lowest BCUT2D eigenvalue weighted by Gasteiger charge is -2.26. The van der Waals surface area contributed by atoms with Crippen LogP contribution < -0.4 is 11.1 Å². The Morgan fingerprint density at radius 3 is 2.43 bits per heavy atom. The van der Waals surface area contributed by atoms with E-state index in [2.05, 4.69) is 5.32 Å². The van der Waals surface area contributed by atoms with E-state index in [9.17, 15) is 9.59 Å². The zero-order valence-corrected chi connectivity index (χ0v) is 12.8. The Labute approximate surface area is 125 Å². The quantitative estimate of drug-likeness (QED) is 0.731. The summed E-state index contributed by atoms with van der Waals surface area (Å²) in [6, 6.07) is 6.60. The van der Waals surface area contributed by atoms with Crippen LogP contribution in [0.5, 0.6) is 0 Å². The average Bonchev–Trinajstić information content (AvgIpc) is 2.45. The largest absolute Gasteiger partial charge is 0.399 e. The molecule has 1 rings (SSSR count). The fourth-order valence-corrected chi connectivity index (χ4v) is 1.85. The van der Waals surface area contributed by atoms with Gasteiger partial charge in [-0.3, -0.25) is 9.59 Å². The number of nitrogens with one attached hydrogen (secondary N) is 1. The van der Waals surface area contributed by atoms with Crippen molar-refractivity contribution >= 4 is 17.5 Å². The second-order valence-electron chi connectivity index (χ2n) is 4.98. The molecule has 0 saturated heterocycles. The van der Waals surface area contributed by atoms with Gasteiger partial charge < -0.3 is 20.7 Å². The van der Waals surface area contributed by atoms with E-state index in [0.29, 0.717) is 24.4 Å². The van der Waals surface area contributed by atoms with Crippen LogP contribution >= 0.6 is 0 Å². The van der Waals surface area contributed by atoms with E-state index in [1.165, 1.54) is 0 Å². The number of ether oxygens (including phenoxy) is 1. The molecule has 0 unspecified atom stereocenters. The molecular formula is C15H23N3O3. The van der Waals surface area contributed by atoms with Gasteiger partial charge in [-0.05, 0) is 38.1 Å². The van der Waals surface area contributed by atoms with Crippen LogP contribution in [-0.2, 0) is 9.53 Å². The first-order valence-electron chi connectivity index (χ1n) is 6.88. The van der Waals surface area contributed by atoms with Gasteiger partial charge in [-0.1, -0.05) is 0 Å². The van der Waals surface area contributed by atoms with Crippen molar-refractivity contribution in [3.63, 3.8) is 0 Å². The molecule has 0 aliphatic rings. The van der Waals surface area contributed by atoms with Crippen LogP contribution in [0.2, 0.25) is 0 Å². The minimum Gasteiger partial charge on any atom is -0.399 e. The first-order chi connectivity index (χ1) is 9.95. The normalized spacial score (nSPS) is 10.5. The van der Waals surface area contributed by atoms with Crippen molar-refractivity contribution < 1.29 is 14.3 Å². The Bertz CT molecular complexity index is 472. The van der Waals surface area contributed by atoms with E-state index in [4.69, 9.17) is 10.5 Å². The maximum absolute atomic E-state index is 12.1. The number of rotatable bonds is 7. The Kier molecular flexibility index (Phi) is 6.68. The van der Waals surface area contributed by atoms with Crippen molar-refractivity contribution in [3.8, 4) is 0 Å². The van der Waals surface area contributed by atoms with Crippen LogP contribution in [0.25, 0.3) is 0 Å². The van der Waals surface area contributed by atoms with Crippen LogP contribution in [0.4, 0.5) is 5.69 Å². The van der Waals surface area contributed by atoms with Crippen LogP contribution in [0.1, 0.15) is 24.2 Å². The Hall–Kier alpha value is -2.08. The monoisotopic (exact) mass is 293 g/mol. The molecule has 0 heterocycles. The zero-order chi connectivity index (χ0) is 15.8. The first kappa shape index (κ1) is 17.0. The average molecular weight is 293 g/mol. The van der Waals surface area contributed by atoms with E-state index in [0.717, 1.165) is 0 Å². The minimum atomic E-state index is -0.293. The number of carbonyl (C=O) groups excluding carboxylic acids is 2. The summed E-state index contributed by atoms with van der Waals surface area (Å²) in [7, 11) is 1.59. The van der Waals surface area contributed by atoms with Gasteiger partial charge in [0.2, 0.25) is 5.91 Å². The zero-order valence-electron chi connectivity index (χ0n) is 12.8. The smallest absolute Gasteiger partial charge is 0.251 e. The van der Waals surface area contributed by atoms with Crippen molar-refractivity contribution in [2.75, 3.05) is 32.5 Å². The van der Waals surface area contributed by atoms with E-state index in [-0.39, 0.29) is 24.4 Å². The first-order valence-corrected chi connectivity index (χ1v) is 6.88. The highest BCUT2D eigenvalue weighted by Gasteiger charge is 2.17. The molecule has 0 spiro atoms. The van der Waals surface area contributed by atoms with Gasteiger partial charge in [0, 0.05) is 30.9 Å². The molecule has 0 saturated carbocycles. The molecule has 0 bridgehead atoms. The van der Waals surface area contributed by atoms with Crippen molar-refractivity contribution in [2.24, 2.45) is 0 Å². The number of anilines is 1. The maximum Gasteiger partial charge on any atom is 0.251 e. The highest BCUT2D eigenvalue weighted by Crippen LogP contribution is 2.05. The molecule has 6 heteroatoms.